The molecule has 1 aromatic carbocycles. The standard InChI is InChI=1S/C19H24N4O4/c1-22(2)19(25)15-5-4-12-23(15)17(24)11-10-16-20-18(21-27-16)13-6-8-14(26-3)9-7-13/h6-9,15H,4-5,10-12H2,1-3H3. The highest BCUT2D eigenvalue weighted by Crippen LogP contribution is 2.22. The molecule has 0 spiro atoms. The Morgan fingerprint density at radius 3 is 2.70 bits per heavy atom. The molecule has 144 valence electrons. The maximum Gasteiger partial charge on any atom is 0.244 e. The van der Waals surface area contributed by atoms with Gasteiger partial charge in [0.25, 0.3) is 0 Å². The topological polar surface area (TPSA) is 88.8 Å². The van der Waals surface area contributed by atoms with E-state index < -0.39 is 0 Å². The Hall–Kier alpha value is -2.90. The van der Waals surface area contributed by atoms with Gasteiger partial charge in [-0.2, -0.15) is 4.98 Å². The fourth-order valence-electron chi connectivity index (χ4n) is 3.19. The van der Waals surface area contributed by atoms with Crippen LogP contribution in [0.2, 0.25) is 0 Å². The zero-order valence-corrected chi connectivity index (χ0v) is 15.8. The Morgan fingerprint density at radius 2 is 2.04 bits per heavy atom. The summed E-state index contributed by atoms with van der Waals surface area (Å²) < 4.78 is 10.4. The molecule has 1 atom stereocenters. The minimum absolute atomic E-state index is 0.0274. The first-order chi connectivity index (χ1) is 13.0. The van der Waals surface area contributed by atoms with Crippen LogP contribution in [0.5, 0.6) is 5.75 Å². The number of hydrogen-bond acceptors (Lipinski definition) is 6. The molecule has 1 aliphatic rings. The van der Waals surface area contributed by atoms with Crippen LogP contribution in [0.25, 0.3) is 11.4 Å². The number of aromatic nitrogens is 2. The summed E-state index contributed by atoms with van der Waals surface area (Å²) in [7, 11) is 5.03. The van der Waals surface area contributed by atoms with Crippen LogP contribution in [0.15, 0.2) is 28.8 Å². The second-order valence-corrected chi connectivity index (χ2v) is 6.72. The molecule has 8 heteroatoms. The number of nitrogens with zero attached hydrogens (tertiary/aromatic N) is 4. The monoisotopic (exact) mass is 372 g/mol. The van der Waals surface area contributed by atoms with E-state index in [4.69, 9.17) is 9.26 Å². The number of hydrogen-bond donors (Lipinski definition) is 0. The average molecular weight is 372 g/mol. The lowest BCUT2D eigenvalue weighted by molar-refractivity contribution is -0.142. The molecule has 1 unspecified atom stereocenters. The molecule has 0 N–H and O–H groups in total. The third-order valence-corrected chi connectivity index (χ3v) is 4.67. The van der Waals surface area contributed by atoms with E-state index in [-0.39, 0.29) is 24.3 Å². The molecule has 2 heterocycles. The predicted octanol–water partition coefficient (Wildman–Crippen LogP) is 1.76. The lowest BCUT2D eigenvalue weighted by Gasteiger charge is -2.26. The second-order valence-electron chi connectivity index (χ2n) is 6.72. The second kappa shape index (κ2) is 8.20. The van der Waals surface area contributed by atoms with Gasteiger partial charge in [0, 0.05) is 39.0 Å². The van der Waals surface area contributed by atoms with Crippen LogP contribution in [-0.4, -0.2) is 65.5 Å². The molecule has 1 fully saturated rings. The van der Waals surface area contributed by atoms with E-state index in [2.05, 4.69) is 10.1 Å². The van der Waals surface area contributed by atoms with E-state index in [9.17, 15) is 9.59 Å². The van der Waals surface area contributed by atoms with Gasteiger partial charge in [-0.1, -0.05) is 5.16 Å². The predicted molar refractivity (Wildman–Crippen MR) is 98.0 cm³/mol. The number of methoxy groups -OCH3 is 1. The Labute approximate surface area is 158 Å². The zero-order valence-electron chi connectivity index (χ0n) is 15.8. The van der Waals surface area contributed by atoms with Crippen molar-refractivity contribution in [1.29, 1.82) is 0 Å². The SMILES string of the molecule is COc1ccc(-c2noc(CCC(=O)N3CCCC3C(=O)N(C)C)n2)cc1. The summed E-state index contributed by atoms with van der Waals surface area (Å²) in [6.07, 6.45) is 2.14. The number of likely N-dealkylation sites (N-methyl/N-ethyl adjacent to an activating group) is 1. The molecule has 2 amide bonds. The highest BCUT2D eigenvalue weighted by Gasteiger charge is 2.34. The average Bonchev–Trinajstić information content (AvgIpc) is 3.35. The summed E-state index contributed by atoms with van der Waals surface area (Å²) in [4.78, 5) is 32.3. The Balaban J connectivity index is 1.59. The van der Waals surface area contributed by atoms with Gasteiger partial charge in [-0.3, -0.25) is 9.59 Å². The lowest BCUT2D eigenvalue weighted by atomic mass is 10.2. The van der Waals surface area contributed by atoms with Crippen molar-refractivity contribution in [1.82, 2.24) is 19.9 Å². The minimum atomic E-state index is -0.356. The minimum Gasteiger partial charge on any atom is -0.497 e. The van der Waals surface area contributed by atoms with E-state index >= 15 is 0 Å². The van der Waals surface area contributed by atoms with Gasteiger partial charge in [0.1, 0.15) is 11.8 Å². The third-order valence-electron chi connectivity index (χ3n) is 4.67. The van der Waals surface area contributed by atoms with Crippen molar-refractivity contribution in [3.8, 4) is 17.1 Å². The number of likely N-dealkylation sites (tertiary alicyclic amines) is 1. The maximum atomic E-state index is 12.6. The van der Waals surface area contributed by atoms with Crippen LogP contribution >= 0.6 is 0 Å². The van der Waals surface area contributed by atoms with E-state index in [0.717, 1.165) is 17.7 Å². The number of ether oxygens (including phenoxy) is 1. The molecule has 8 nitrogen and oxygen atoms in total. The number of carbonyl (C=O) groups excluding carboxylic acids is 2. The summed E-state index contributed by atoms with van der Waals surface area (Å²) in [5.74, 6) is 1.55. The normalized spacial score (nSPS) is 16.4. The summed E-state index contributed by atoms with van der Waals surface area (Å²) in [5.41, 5.74) is 0.813. The molecule has 2 aromatic rings. The summed E-state index contributed by atoms with van der Waals surface area (Å²) in [6.45, 7) is 0.615. The van der Waals surface area contributed by atoms with Crippen molar-refractivity contribution in [2.75, 3.05) is 27.7 Å². The number of aryl methyl sites for hydroxylation is 1. The maximum absolute atomic E-state index is 12.6. The number of carbonyl (C=O) groups is 2. The van der Waals surface area contributed by atoms with Crippen LogP contribution in [0.1, 0.15) is 25.2 Å². The first-order valence-electron chi connectivity index (χ1n) is 8.97. The van der Waals surface area contributed by atoms with E-state index in [1.54, 1.807) is 26.1 Å². The van der Waals surface area contributed by atoms with Gasteiger partial charge in [0.05, 0.1) is 7.11 Å². The van der Waals surface area contributed by atoms with Crippen molar-refractivity contribution < 1.29 is 18.8 Å². The highest BCUT2D eigenvalue weighted by atomic mass is 16.5. The summed E-state index contributed by atoms with van der Waals surface area (Å²) in [5, 5.41) is 3.97. The first kappa shape index (κ1) is 18.9. The molecule has 3 rings (SSSR count). The van der Waals surface area contributed by atoms with E-state index in [1.807, 2.05) is 24.3 Å². The number of benzene rings is 1. The van der Waals surface area contributed by atoms with Crippen LogP contribution in [0.4, 0.5) is 0 Å². The van der Waals surface area contributed by atoms with Crippen molar-refractivity contribution in [2.45, 2.75) is 31.7 Å². The van der Waals surface area contributed by atoms with Gasteiger partial charge in [-0.25, -0.2) is 0 Å². The molecule has 1 aromatic heterocycles. The molecular weight excluding hydrogens is 348 g/mol. The van der Waals surface area contributed by atoms with Crippen molar-refractivity contribution in [2.24, 2.45) is 0 Å². The van der Waals surface area contributed by atoms with E-state index in [0.29, 0.717) is 31.1 Å². The molecule has 0 aliphatic carbocycles. The summed E-state index contributed by atoms with van der Waals surface area (Å²) in [6, 6.07) is 6.99. The van der Waals surface area contributed by atoms with Gasteiger partial charge in [0.15, 0.2) is 0 Å². The lowest BCUT2D eigenvalue weighted by Crippen LogP contribution is -2.45. The van der Waals surface area contributed by atoms with Crippen molar-refractivity contribution >= 4 is 11.8 Å². The van der Waals surface area contributed by atoms with Gasteiger partial charge in [-0.05, 0) is 37.1 Å². The Bertz CT molecular complexity index is 800. The van der Waals surface area contributed by atoms with Crippen molar-refractivity contribution in [3.63, 3.8) is 0 Å². The van der Waals surface area contributed by atoms with Crippen LogP contribution in [-0.2, 0) is 16.0 Å². The molecule has 1 aliphatic heterocycles. The fourth-order valence-corrected chi connectivity index (χ4v) is 3.19. The molecule has 27 heavy (non-hydrogen) atoms. The zero-order chi connectivity index (χ0) is 19.4. The van der Waals surface area contributed by atoms with E-state index in [1.165, 1.54) is 4.90 Å². The molecule has 0 radical (unpaired) electrons. The third kappa shape index (κ3) is 4.27. The van der Waals surface area contributed by atoms with Crippen molar-refractivity contribution in [3.05, 3.63) is 30.2 Å². The smallest absolute Gasteiger partial charge is 0.244 e. The first-order valence-corrected chi connectivity index (χ1v) is 8.97. The molecule has 0 saturated carbocycles. The van der Waals surface area contributed by atoms with Crippen LogP contribution in [0.3, 0.4) is 0 Å². The summed E-state index contributed by atoms with van der Waals surface area (Å²) >= 11 is 0. The highest BCUT2D eigenvalue weighted by molar-refractivity contribution is 5.88. The molecule has 0 bridgehead atoms. The molecule has 1 saturated heterocycles. The number of rotatable bonds is 6. The van der Waals surface area contributed by atoms with Gasteiger partial charge in [0.2, 0.25) is 23.5 Å². The largest absolute Gasteiger partial charge is 0.497 e. The van der Waals surface area contributed by atoms with Gasteiger partial charge in [-0.15, -0.1) is 0 Å². The van der Waals surface area contributed by atoms with Gasteiger partial charge < -0.3 is 19.1 Å². The fraction of sp³-hybridized carbons (Fsp3) is 0.474. The molecular formula is C19H24N4O4. The van der Waals surface area contributed by atoms with Crippen LogP contribution < -0.4 is 4.74 Å². The van der Waals surface area contributed by atoms with Gasteiger partial charge >= 0.3 is 0 Å². The number of amides is 2. The Kier molecular flexibility index (Phi) is 5.73. The quantitative estimate of drug-likeness (QED) is 0.768. The van der Waals surface area contributed by atoms with Crippen LogP contribution in [0, 0.1) is 0 Å². The Morgan fingerprint density at radius 1 is 1.30 bits per heavy atom.